The third kappa shape index (κ3) is 6.11. The molecule has 0 aliphatic carbocycles. The molecule has 0 aliphatic rings. The number of anilines is 2. The number of aryl methyl sites for hydroxylation is 2. The maximum absolute atomic E-state index is 11.7. The standard InChI is InChI=1S/C15H18N2O2S.C8H8N2O2S/c1-15(2,3)19-14(18)17-12-7-6-10(9-11(12)16)13-5-4-8-20-13;1-4-5-3-6(8(11)12)13-7(5)10(2)9-4/h4-9H,16H2,1-3H3,(H,17,18);3H,1-2H3,(H,11,12). The molecule has 4 rings (SSSR count). The number of nitrogen functional groups attached to an aromatic ring is 1. The molecule has 10 heteroatoms. The number of carbonyl (C=O) groups excluding carboxylic acids is 1. The number of nitrogens with two attached hydrogens (primary N) is 1. The molecule has 0 bridgehead atoms. The van der Waals surface area contributed by atoms with Crippen LogP contribution in [-0.2, 0) is 11.8 Å². The van der Waals surface area contributed by atoms with Crippen molar-refractivity contribution >= 4 is 56.3 Å². The summed E-state index contributed by atoms with van der Waals surface area (Å²) >= 11 is 2.90. The van der Waals surface area contributed by atoms with E-state index in [9.17, 15) is 9.59 Å². The molecule has 0 fully saturated rings. The fraction of sp³-hybridized carbons (Fsp3) is 0.261. The summed E-state index contributed by atoms with van der Waals surface area (Å²) in [6, 6.07) is 11.2. The number of carboxylic acid groups (broad SMARTS) is 1. The number of carbonyl (C=O) groups is 2. The lowest BCUT2D eigenvalue weighted by molar-refractivity contribution is 0.0634. The van der Waals surface area contributed by atoms with Crippen LogP contribution in [0.4, 0.5) is 16.2 Å². The van der Waals surface area contributed by atoms with E-state index >= 15 is 0 Å². The molecule has 0 radical (unpaired) electrons. The third-order valence-corrected chi connectivity index (χ3v) is 6.51. The molecule has 4 N–H and O–H groups in total. The van der Waals surface area contributed by atoms with Gasteiger partial charge in [-0.2, -0.15) is 5.10 Å². The highest BCUT2D eigenvalue weighted by Crippen LogP contribution is 2.30. The Balaban J connectivity index is 0.000000203. The van der Waals surface area contributed by atoms with E-state index in [0.29, 0.717) is 16.3 Å². The molecular weight excluding hydrogens is 460 g/mol. The van der Waals surface area contributed by atoms with E-state index in [1.165, 1.54) is 11.3 Å². The predicted octanol–water partition coefficient (Wildman–Crippen LogP) is 5.99. The summed E-state index contributed by atoms with van der Waals surface area (Å²) < 4.78 is 6.91. The van der Waals surface area contributed by atoms with E-state index in [-0.39, 0.29) is 0 Å². The van der Waals surface area contributed by atoms with Crippen LogP contribution in [-0.4, -0.2) is 32.6 Å². The van der Waals surface area contributed by atoms with Crippen molar-refractivity contribution < 1.29 is 19.4 Å². The lowest BCUT2D eigenvalue weighted by atomic mass is 10.1. The summed E-state index contributed by atoms with van der Waals surface area (Å²) in [4.78, 5) is 24.8. The number of ether oxygens (including phenoxy) is 1. The Morgan fingerprint density at radius 2 is 1.94 bits per heavy atom. The van der Waals surface area contributed by atoms with Crippen LogP contribution in [0.1, 0.15) is 36.1 Å². The lowest BCUT2D eigenvalue weighted by Gasteiger charge is -2.20. The van der Waals surface area contributed by atoms with Crippen LogP contribution in [0.15, 0.2) is 41.8 Å². The smallest absolute Gasteiger partial charge is 0.412 e. The van der Waals surface area contributed by atoms with Gasteiger partial charge in [0.25, 0.3) is 0 Å². The number of rotatable bonds is 3. The van der Waals surface area contributed by atoms with Crippen molar-refractivity contribution in [3.05, 3.63) is 52.3 Å². The van der Waals surface area contributed by atoms with Crippen molar-refractivity contribution in [3.63, 3.8) is 0 Å². The SMILES string of the molecule is CC(C)(C)OC(=O)Nc1ccc(-c2cccs2)cc1N.Cc1nn(C)c2sc(C(=O)O)cc12. The molecule has 8 nitrogen and oxygen atoms in total. The average molecular weight is 487 g/mol. The number of nitrogens with zero attached hydrogens (tertiary/aromatic N) is 2. The Morgan fingerprint density at radius 3 is 2.48 bits per heavy atom. The number of fused-ring (bicyclic) bond motifs is 1. The number of thiophene rings is 2. The predicted molar refractivity (Wildman–Crippen MR) is 134 cm³/mol. The van der Waals surface area contributed by atoms with E-state index in [1.807, 2.05) is 64.4 Å². The molecule has 0 saturated heterocycles. The van der Waals surface area contributed by atoms with Gasteiger partial charge in [-0.3, -0.25) is 10.00 Å². The topological polar surface area (TPSA) is 119 Å². The van der Waals surface area contributed by atoms with Gasteiger partial charge in [0.05, 0.1) is 17.1 Å². The van der Waals surface area contributed by atoms with E-state index in [2.05, 4.69) is 10.4 Å². The molecule has 0 unspecified atom stereocenters. The highest BCUT2D eigenvalue weighted by molar-refractivity contribution is 7.20. The molecule has 1 amide bonds. The molecule has 0 saturated carbocycles. The Bertz CT molecular complexity index is 1250. The van der Waals surface area contributed by atoms with Gasteiger partial charge in [0.1, 0.15) is 15.3 Å². The van der Waals surface area contributed by atoms with Crippen LogP contribution in [0.5, 0.6) is 0 Å². The highest BCUT2D eigenvalue weighted by atomic mass is 32.1. The Morgan fingerprint density at radius 1 is 1.21 bits per heavy atom. The van der Waals surface area contributed by atoms with E-state index in [4.69, 9.17) is 15.6 Å². The van der Waals surface area contributed by atoms with Gasteiger partial charge in [-0.15, -0.1) is 22.7 Å². The van der Waals surface area contributed by atoms with Gasteiger partial charge < -0.3 is 15.6 Å². The Hall–Kier alpha value is -3.37. The summed E-state index contributed by atoms with van der Waals surface area (Å²) in [5.41, 5.74) is 8.42. The minimum Gasteiger partial charge on any atom is -0.477 e. The first kappa shape index (κ1) is 24.3. The van der Waals surface area contributed by atoms with Crippen molar-refractivity contribution in [1.29, 1.82) is 0 Å². The second-order valence-corrected chi connectivity index (χ2v) is 10.2. The molecule has 4 aromatic rings. The van der Waals surface area contributed by atoms with Gasteiger partial charge in [0, 0.05) is 17.3 Å². The molecule has 0 spiro atoms. The number of aromatic carboxylic acids is 1. The Labute approximate surface area is 199 Å². The molecule has 3 aromatic heterocycles. The van der Waals surface area contributed by atoms with Crippen LogP contribution >= 0.6 is 22.7 Å². The molecule has 1 aromatic carbocycles. The zero-order chi connectivity index (χ0) is 24.3. The number of hydrogen-bond acceptors (Lipinski definition) is 7. The number of hydrogen-bond donors (Lipinski definition) is 3. The summed E-state index contributed by atoms with van der Waals surface area (Å²) in [6.45, 7) is 7.32. The number of amides is 1. The average Bonchev–Trinajstić information content (AvgIpc) is 3.43. The first-order valence-corrected chi connectivity index (χ1v) is 11.7. The first-order valence-electron chi connectivity index (χ1n) is 10.0. The second kappa shape index (κ2) is 9.63. The van der Waals surface area contributed by atoms with Gasteiger partial charge >= 0.3 is 12.1 Å². The van der Waals surface area contributed by atoms with Gasteiger partial charge in [-0.25, -0.2) is 9.59 Å². The molecule has 3 heterocycles. The fourth-order valence-corrected chi connectivity index (χ4v) is 4.68. The number of carboxylic acids is 1. The summed E-state index contributed by atoms with van der Waals surface area (Å²) in [5, 5.41) is 18.6. The molecule has 0 aliphatic heterocycles. The van der Waals surface area contributed by atoms with Crippen molar-refractivity contribution in [2.45, 2.75) is 33.3 Å². The number of benzene rings is 1. The zero-order valence-corrected chi connectivity index (χ0v) is 20.6. The molecular formula is C23H26N4O4S2. The van der Waals surface area contributed by atoms with Crippen molar-refractivity contribution in [2.75, 3.05) is 11.1 Å². The number of nitrogens with one attached hydrogen (secondary N) is 1. The maximum atomic E-state index is 11.7. The lowest BCUT2D eigenvalue weighted by Crippen LogP contribution is -2.27. The van der Waals surface area contributed by atoms with Crippen molar-refractivity contribution in [2.24, 2.45) is 7.05 Å². The van der Waals surface area contributed by atoms with Gasteiger partial charge in [0.15, 0.2) is 0 Å². The van der Waals surface area contributed by atoms with Crippen LogP contribution in [0.2, 0.25) is 0 Å². The zero-order valence-electron chi connectivity index (χ0n) is 19.0. The third-order valence-electron chi connectivity index (χ3n) is 4.40. The largest absolute Gasteiger partial charge is 0.477 e. The summed E-state index contributed by atoms with van der Waals surface area (Å²) in [7, 11) is 1.82. The van der Waals surface area contributed by atoms with Gasteiger partial charge in [-0.1, -0.05) is 12.1 Å². The molecule has 174 valence electrons. The summed E-state index contributed by atoms with van der Waals surface area (Å²) in [5.74, 6) is -0.874. The van der Waals surface area contributed by atoms with Crippen LogP contribution in [0.3, 0.4) is 0 Å². The number of aromatic nitrogens is 2. The second-order valence-electron chi connectivity index (χ2n) is 8.25. The van der Waals surface area contributed by atoms with Crippen LogP contribution in [0.25, 0.3) is 20.7 Å². The van der Waals surface area contributed by atoms with Crippen molar-refractivity contribution in [1.82, 2.24) is 9.78 Å². The van der Waals surface area contributed by atoms with E-state index in [0.717, 1.165) is 26.4 Å². The van der Waals surface area contributed by atoms with Gasteiger partial charge in [0.2, 0.25) is 0 Å². The van der Waals surface area contributed by atoms with Crippen molar-refractivity contribution in [3.8, 4) is 10.4 Å². The monoisotopic (exact) mass is 486 g/mol. The first-order chi connectivity index (χ1) is 15.4. The van der Waals surface area contributed by atoms with Gasteiger partial charge in [-0.05, 0) is 62.9 Å². The highest BCUT2D eigenvalue weighted by Gasteiger charge is 2.17. The minimum absolute atomic E-state index is 0.367. The normalized spacial score (nSPS) is 11.1. The summed E-state index contributed by atoms with van der Waals surface area (Å²) in [6.07, 6.45) is -0.506. The maximum Gasteiger partial charge on any atom is 0.412 e. The minimum atomic E-state index is -0.874. The fourth-order valence-electron chi connectivity index (χ4n) is 3.00. The van der Waals surface area contributed by atoms with Crippen LogP contribution in [0, 0.1) is 6.92 Å². The molecule has 0 atom stereocenters. The van der Waals surface area contributed by atoms with E-state index in [1.54, 1.807) is 28.2 Å². The van der Waals surface area contributed by atoms with Crippen LogP contribution < -0.4 is 11.1 Å². The Kier molecular flexibility index (Phi) is 7.09. The van der Waals surface area contributed by atoms with E-state index < -0.39 is 17.7 Å². The quantitative estimate of drug-likeness (QED) is 0.306. The molecule has 33 heavy (non-hydrogen) atoms.